The van der Waals surface area contributed by atoms with E-state index in [-0.39, 0.29) is 0 Å². The van der Waals surface area contributed by atoms with E-state index in [0.29, 0.717) is 37.3 Å². The Morgan fingerprint density at radius 2 is 2.05 bits per heavy atom. The summed E-state index contributed by atoms with van der Waals surface area (Å²) in [5.74, 6) is 0. The van der Waals surface area contributed by atoms with Crippen LogP contribution in [-0.2, 0) is 14.8 Å². The molecule has 1 aromatic carbocycles. The molecule has 6 heteroatoms. The van der Waals surface area contributed by atoms with Crippen LogP contribution in [0.15, 0.2) is 24.3 Å². The maximum Gasteiger partial charge on any atom is 0.235 e. The molecule has 0 aromatic heterocycles. The summed E-state index contributed by atoms with van der Waals surface area (Å²) >= 11 is 0. The number of aliphatic hydroxyl groups is 1. The van der Waals surface area contributed by atoms with Crippen LogP contribution < -0.4 is 4.72 Å². The lowest BCUT2D eigenvalue weighted by Gasteiger charge is -2.23. The summed E-state index contributed by atoms with van der Waals surface area (Å²) in [4.78, 5) is 0. The summed E-state index contributed by atoms with van der Waals surface area (Å²) in [6, 6.07) is 6.82. The van der Waals surface area contributed by atoms with Crippen LogP contribution in [0, 0.1) is 0 Å². The van der Waals surface area contributed by atoms with Crippen molar-refractivity contribution in [2.75, 3.05) is 17.9 Å². The molecular weight excluding hydrogens is 266 g/mol. The minimum absolute atomic E-state index is 0.406. The third-order valence-corrected chi connectivity index (χ3v) is 5.11. The zero-order valence-corrected chi connectivity index (χ0v) is 11.7. The zero-order chi connectivity index (χ0) is 13.9. The Morgan fingerprint density at radius 1 is 1.37 bits per heavy atom. The van der Waals surface area contributed by atoms with Crippen LogP contribution in [0.5, 0.6) is 0 Å². The van der Waals surface area contributed by atoms with Gasteiger partial charge in [-0.15, -0.1) is 0 Å². The van der Waals surface area contributed by atoms with Crippen molar-refractivity contribution in [2.24, 2.45) is 0 Å². The quantitative estimate of drug-likeness (QED) is 0.882. The molecule has 0 spiro atoms. The van der Waals surface area contributed by atoms with Crippen molar-refractivity contribution in [2.45, 2.75) is 31.1 Å². The zero-order valence-electron chi connectivity index (χ0n) is 10.9. The highest BCUT2D eigenvalue weighted by Gasteiger charge is 2.27. The molecule has 2 N–H and O–H groups in total. The molecular formula is C13H19NO4S. The van der Waals surface area contributed by atoms with Gasteiger partial charge in [0.2, 0.25) is 10.0 Å². The first-order chi connectivity index (χ1) is 8.99. The van der Waals surface area contributed by atoms with Crippen molar-refractivity contribution in [3.63, 3.8) is 0 Å². The van der Waals surface area contributed by atoms with Gasteiger partial charge in [-0.2, -0.15) is 0 Å². The largest absolute Gasteiger partial charge is 0.389 e. The van der Waals surface area contributed by atoms with Crippen molar-refractivity contribution in [1.82, 2.24) is 0 Å². The fraction of sp³-hybridized carbons (Fsp3) is 0.538. The third kappa shape index (κ3) is 3.68. The second-order valence-electron chi connectivity index (χ2n) is 4.76. The lowest BCUT2D eigenvalue weighted by Crippen LogP contribution is -2.33. The van der Waals surface area contributed by atoms with E-state index in [9.17, 15) is 13.5 Å². The van der Waals surface area contributed by atoms with Gasteiger partial charge in [-0.25, -0.2) is 8.42 Å². The van der Waals surface area contributed by atoms with Gasteiger partial charge in [-0.05, 0) is 37.5 Å². The number of rotatable bonds is 4. The molecule has 0 radical (unpaired) electrons. The summed E-state index contributed by atoms with van der Waals surface area (Å²) in [6.07, 6.45) is 0.421. The average molecular weight is 285 g/mol. The van der Waals surface area contributed by atoms with Crippen LogP contribution in [0.1, 0.15) is 31.4 Å². The smallest absolute Gasteiger partial charge is 0.235 e. The van der Waals surface area contributed by atoms with E-state index < -0.39 is 21.4 Å². The van der Waals surface area contributed by atoms with Gasteiger partial charge in [0.05, 0.1) is 11.4 Å². The summed E-state index contributed by atoms with van der Waals surface area (Å²) < 4.78 is 32.2. The van der Waals surface area contributed by atoms with Gasteiger partial charge in [-0.1, -0.05) is 12.1 Å². The molecule has 1 heterocycles. The number of hydrogen-bond donors (Lipinski definition) is 2. The Bertz CT molecular complexity index is 521. The maximum absolute atomic E-state index is 12.2. The minimum Gasteiger partial charge on any atom is -0.389 e. The van der Waals surface area contributed by atoms with E-state index in [1.54, 1.807) is 31.2 Å². The number of anilines is 1. The molecule has 0 aliphatic carbocycles. The normalized spacial score (nSPS) is 19.1. The van der Waals surface area contributed by atoms with E-state index in [2.05, 4.69) is 4.72 Å². The second-order valence-corrected chi connectivity index (χ2v) is 6.72. The van der Waals surface area contributed by atoms with Gasteiger partial charge in [0.25, 0.3) is 0 Å². The molecule has 19 heavy (non-hydrogen) atoms. The summed E-state index contributed by atoms with van der Waals surface area (Å²) in [5.41, 5.74) is 1.18. The molecule has 0 saturated carbocycles. The Labute approximate surface area is 113 Å². The summed E-state index contributed by atoms with van der Waals surface area (Å²) in [5, 5.41) is 9.10. The molecule has 1 unspecified atom stereocenters. The first-order valence-corrected chi connectivity index (χ1v) is 7.91. The molecule has 1 aliphatic rings. The predicted molar refractivity (Wildman–Crippen MR) is 73.5 cm³/mol. The van der Waals surface area contributed by atoms with E-state index in [1.165, 1.54) is 0 Å². The number of ether oxygens (including phenoxy) is 1. The molecule has 1 atom stereocenters. The first kappa shape index (κ1) is 14.3. The minimum atomic E-state index is -3.39. The Hall–Kier alpha value is -1.11. The second kappa shape index (κ2) is 5.90. The van der Waals surface area contributed by atoms with Crippen LogP contribution in [0.3, 0.4) is 0 Å². The summed E-state index contributed by atoms with van der Waals surface area (Å²) in [6.45, 7) is 2.62. The topological polar surface area (TPSA) is 75.6 Å². The van der Waals surface area contributed by atoms with E-state index in [0.717, 1.165) is 0 Å². The van der Waals surface area contributed by atoms with Crippen molar-refractivity contribution < 1.29 is 18.3 Å². The van der Waals surface area contributed by atoms with E-state index in [1.807, 2.05) is 0 Å². The number of benzene rings is 1. The molecule has 1 saturated heterocycles. The van der Waals surface area contributed by atoms with Crippen LogP contribution in [0.2, 0.25) is 0 Å². The van der Waals surface area contributed by atoms with Crippen molar-refractivity contribution in [3.05, 3.63) is 29.8 Å². The number of aliphatic hydroxyl groups excluding tert-OH is 1. The van der Waals surface area contributed by atoms with E-state index in [4.69, 9.17) is 4.74 Å². The van der Waals surface area contributed by atoms with Crippen LogP contribution in [-0.4, -0.2) is 32.0 Å². The molecule has 1 aliphatic heterocycles. The van der Waals surface area contributed by atoms with Crippen molar-refractivity contribution in [3.8, 4) is 0 Å². The lowest BCUT2D eigenvalue weighted by molar-refractivity contribution is 0.0984. The molecule has 5 nitrogen and oxygen atoms in total. The third-order valence-electron chi connectivity index (χ3n) is 3.24. The number of nitrogens with one attached hydrogen (secondary N) is 1. The number of sulfonamides is 1. The van der Waals surface area contributed by atoms with Crippen LogP contribution in [0.25, 0.3) is 0 Å². The Balaban J connectivity index is 2.13. The maximum atomic E-state index is 12.2. The fourth-order valence-corrected chi connectivity index (χ4v) is 3.53. The molecule has 1 fully saturated rings. The molecule has 1 aromatic rings. The average Bonchev–Trinajstić information content (AvgIpc) is 2.39. The highest BCUT2D eigenvalue weighted by molar-refractivity contribution is 7.93. The van der Waals surface area contributed by atoms with Crippen LogP contribution >= 0.6 is 0 Å². The van der Waals surface area contributed by atoms with Gasteiger partial charge < -0.3 is 9.84 Å². The van der Waals surface area contributed by atoms with E-state index >= 15 is 0 Å². The fourth-order valence-electron chi connectivity index (χ4n) is 2.10. The highest BCUT2D eigenvalue weighted by atomic mass is 32.2. The standard InChI is InChI=1S/C13H19NO4S/c1-10(15)11-3-2-4-12(9-11)14-19(16,17)13-5-7-18-8-6-13/h2-4,9-10,13-15H,5-8H2,1H3. The number of hydrogen-bond acceptors (Lipinski definition) is 4. The van der Waals surface area contributed by atoms with Gasteiger partial charge in [0.15, 0.2) is 0 Å². The molecule has 0 amide bonds. The first-order valence-electron chi connectivity index (χ1n) is 6.36. The van der Waals surface area contributed by atoms with Crippen LogP contribution in [0.4, 0.5) is 5.69 Å². The van der Waals surface area contributed by atoms with Gasteiger partial charge in [0, 0.05) is 18.9 Å². The van der Waals surface area contributed by atoms with Crippen molar-refractivity contribution in [1.29, 1.82) is 0 Å². The summed E-state index contributed by atoms with van der Waals surface area (Å²) in [7, 11) is -3.39. The Kier molecular flexibility index (Phi) is 4.44. The van der Waals surface area contributed by atoms with Gasteiger partial charge in [0.1, 0.15) is 0 Å². The van der Waals surface area contributed by atoms with Gasteiger partial charge >= 0.3 is 0 Å². The predicted octanol–water partition coefficient (Wildman–Crippen LogP) is 1.66. The monoisotopic (exact) mass is 285 g/mol. The molecule has 0 bridgehead atoms. The molecule has 106 valence electrons. The Morgan fingerprint density at radius 3 is 2.68 bits per heavy atom. The van der Waals surface area contributed by atoms with Gasteiger partial charge in [-0.3, -0.25) is 4.72 Å². The van der Waals surface area contributed by atoms with Crippen molar-refractivity contribution >= 4 is 15.7 Å². The lowest BCUT2D eigenvalue weighted by atomic mass is 10.1. The highest BCUT2D eigenvalue weighted by Crippen LogP contribution is 2.22. The SMILES string of the molecule is CC(O)c1cccc(NS(=O)(=O)C2CCOCC2)c1. The molecule has 2 rings (SSSR count).